The highest BCUT2D eigenvalue weighted by Crippen LogP contribution is 1.91. The van der Waals surface area contributed by atoms with Crippen molar-refractivity contribution in [3.05, 3.63) is 12.2 Å². The van der Waals surface area contributed by atoms with Gasteiger partial charge in [-0.05, 0) is 20.3 Å². The molecule has 0 saturated carbocycles. The Labute approximate surface area is 68.5 Å². The Kier molecular flexibility index (Phi) is 7.09. The largest absolute Gasteiger partial charge is 0.311 e. The highest BCUT2D eigenvalue weighted by Gasteiger charge is 1.95. The molecular formula is C8H16ClN. The van der Waals surface area contributed by atoms with Gasteiger partial charge in [0.1, 0.15) is 0 Å². The maximum atomic E-state index is 5.55. The number of allylic oxidation sites excluding steroid dienone is 1. The number of halogens is 1. The molecule has 0 aliphatic carbocycles. The van der Waals surface area contributed by atoms with Crippen molar-refractivity contribution in [2.45, 2.75) is 26.3 Å². The molecule has 0 heterocycles. The minimum absolute atomic E-state index is 0.536. The molecule has 1 unspecified atom stereocenters. The van der Waals surface area contributed by atoms with Gasteiger partial charge in [-0.2, -0.15) is 0 Å². The van der Waals surface area contributed by atoms with E-state index < -0.39 is 0 Å². The second-order valence-electron chi connectivity index (χ2n) is 2.36. The van der Waals surface area contributed by atoms with Crippen LogP contribution >= 0.6 is 11.6 Å². The first-order valence-corrected chi connectivity index (χ1v) is 4.25. The molecule has 0 spiro atoms. The van der Waals surface area contributed by atoms with Crippen LogP contribution in [0.25, 0.3) is 0 Å². The lowest BCUT2D eigenvalue weighted by Crippen LogP contribution is -2.26. The lowest BCUT2D eigenvalue weighted by Gasteiger charge is -2.08. The molecule has 0 bridgehead atoms. The zero-order valence-corrected chi connectivity index (χ0v) is 7.49. The van der Waals surface area contributed by atoms with Crippen LogP contribution in [0.2, 0.25) is 0 Å². The molecule has 0 aromatic rings. The fourth-order valence-corrected chi connectivity index (χ4v) is 0.980. The zero-order valence-electron chi connectivity index (χ0n) is 6.73. The van der Waals surface area contributed by atoms with Gasteiger partial charge >= 0.3 is 0 Å². The molecule has 2 heteroatoms. The van der Waals surface area contributed by atoms with Crippen LogP contribution < -0.4 is 5.32 Å². The Bertz CT molecular complexity index is 91.3. The molecule has 0 aliphatic rings. The molecule has 10 heavy (non-hydrogen) atoms. The van der Waals surface area contributed by atoms with Gasteiger partial charge in [0, 0.05) is 18.5 Å². The van der Waals surface area contributed by atoms with Crippen LogP contribution in [0.5, 0.6) is 0 Å². The highest BCUT2D eigenvalue weighted by molar-refractivity contribution is 6.17. The molecular weight excluding hydrogens is 146 g/mol. The summed E-state index contributed by atoms with van der Waals surface area (Å²) in [4.78, 5) is 0. The van der Waals surface area contributed by atoms with Gasteiger partial charge in [-0.25, -0.2) is 0 Å². The van der Waals surface area contributed by atoms with Crippen LogP contribution in [0.4, 0.5) is 0 Å². The van der Waals surface area contributed by atoms with E-state index in [-0.39, 0.29) is 0 Å². The molecule has 0 aromatic carbocycles. The minimum atomic E-state index is 0.536. The highest BCUT2D eigenvalue weighted by atomic mass is 35.5. The first-order valence-electron chi connectivity index (χ1n) is 3.71. The summed E-state index contributed by atoms with van der Waals surface area (Å²) in [5.74, 6) is 0.740. The lowest BCUT2D eigenvalue weighted by molar-refractivity contribution is 0.570. The normalized spacial score (nSPS) is 14.3. The summed E-state index contributed by atoms with van der Waals surface area (Å²) in [6, 6.07) is 0.536. The van der Waals surface area contributed by atoms with Crippen LogP contribution in [0.3, 0.4) is 0 Å². The summed E-state index contributed by atoms with van der Waals surface area (Å²) in [6.07, 6.45) is 5.18. The van der Waals surface area contributed by atoms with Gasteiger partial charge in [0.25, 0.3) is 0 Å². The van der Waals surface area contributed by atoms with Gasteiger partial charge in [-0.3, -0.25) is 0 Å². The van der Waals surface area contributed by atoms with Crippen molar-refractivity contribution in [2.24, 2.45) is 0 Å². The van der Waals surface area contributed by atoms with Crippen molar-refractivity contribution in [3.8, 4) is 0 Å². The topological polar surface area (TPSA) is 12.0 Å². The van der Waals surface area contributed by atoms with E-state index in [0.717, 1.165) is 18.8 Å². The summed E-state index contributed by atoms with van der Waals surface area (Å²) >= 11 is 5.55. The van der Waals surface area contributed by atoms with Crippen LogP contribution in [0.1, 0.15) is 20.3 Å². The summed E-state index contributed by atoms with van der Waals surface area (Å²) in [5, 5.41) is 3.31. The van der Waals surface area contributed by atoms with E-state index in [9.17, 15) is 0 Å². The number of alkyl halides is 1. The van der Waals surface area contributed by atoms with Crippen molar-refractivity contribution in [3.63, 3.8) is 0 Å². The lowest BCUT2D eigenvalue weighted by atomic mass is 10.2. The fraction of sp³-hybridized carbons (Fsp3) is 0.750. The summed E-state index contributed by atoms with van der Waals surface area (Å²) in [5.41, 5.74) is 0. The molecule has 60 valence electrons. The number of hydrogen-bond donors (Lipinski definition) is 1. The van der Waals surface area contributed by atoms with Crippen molar-refractivity contribution in [1.29, 1.82) is 0 Å². The first kappa shape index (κ1) is 9.99. The molecule has 1 atom stereocenters. The van der Waals surface area contributed by atoms with E-state index in [2.05, 4.69) is 18.3 Å². The molecule has 1 N–H and O–H groups in total. The first-order chi connectivity index (χ1) is 4.81. The standard InChI is InChI=1S/C8H16ClN/c1-3-4-7-10-8(2)5-6-9/h3-4,8,10H,5-7H2,1-2H3/b4-3+. The Morgan fingerprint density at radius 2 is 2.30 bits per heavy atom. The zero-order chi connectivity index (χ0) is 7.82. The quantitative estimate of drug-likeness (QED) is 0.482. The van der Waals surface area contributed by atoms with Gasteiger partial charge in [-0.15, -0.1) is 11.6 Å². The molecule has 0 amide bonds. The van der Waals surface area contributed by atoms with E-state index in [1.165, 1.54) is 0 Å². The Morgan fingerprint density at radius 1 is 1.60 bits per heavy atom. The van der Waals surface area contributed by atoms with Crippen LogP contribution in [-0.2, 0) is 0 Å². The average molecular weight is 162 g/mol. The van der Waals surface area contributed by atoms with E-state index in [0.29, 0.717) is 6.04 Å². The van der Waals surface area contributed by atoms with E-state index in [1.54, 1.807) is 0 Å². The fourth-order valence-electron chi connectivity index (χ4n) is 0.653. The monoisotopic (exact) mass is 161 g/mol. The summed E-state index contributed by atoms with van der Waals surface area (Å²) in [6.45, 7) is 5.12. The van der Waals surface area contributed by atoms with Gasteiger partial charge in [0.15, 0.2) is 0 Å². The van der Waals surface area contributed by atoms with Crippen LogP contribution in [0, 0.1) is 0 Å². The predicted molar refractivity (Wildman–Crippen MR) is 47.6 cm³/mol. The molecule has 1 nitrogen and oxygen atoms in total. The summed E-state index contributed by atoms with van der Waals surface area (Å²) in [7, 11) is 0. The van der Waals surface area contributed by atoms with E-state index in [1.807, 2.05) is 13.0 Å². The second-order valence-corrected chi connectivity index (χ2v) is 2.73. The van der Waals surface area contributed by atoms with Crippen LogP contribution in [0.15, 0.2) is 12.2 Å². The molecule has 0 saturated heterocycles. The van der Waals surface area contributed by atoms with E-state index >= 15 is 0 Å². The predicted octanol–water partition coefficient (Wildman–Crippen LogP) is 2.17. The third-order valence-electron chi connectivity index (χ3n) is 1.36. The van der Waals surface area contributed by atoms with Crippen molar-refractivity contribution in [2.75, 3.05) is 12.4 Å². The third-order valence-corrected chi connectivity index (χ3v) is 1.58. The number of rotatable bonds is 5. The third kappa shape index (κ3) is 6.12. The molecule has 0 radical (unpaired) electrons. The smallest absolute Gasteiger partial charge is 0.0238 e. The van der Waals surface area contributed by atoms with Crippen molar-refractivity contribution < 1.29 is 0 Å². The minimum Gasteiger partial charge on any atom is -0.311 e. The SMILES string of the molecule is C/C=C/CNC(C)CCCl. The van der Waals surface area contributed by atoms with Crippen LogP contribution in [-0.4, -0.2) is 18.5 Å². The number of nitrogens with one attached hydrogen (secondary N) is 1. The Morgan fingerprint density at radius 3 is 2.80 bits per heavy atom. The Balaban J connectivity index is 3.12. The van der Waals surface area contributed by atoms with E-state index in [4.69, 9.17) is 11.6 Å². The maximum Gasteiger partial charge on any atom is 0.0238 e. The Hall–Kier alpha value is -0.0100. The molecule has 0 rings (SSSR count). The number of hydrogen-bond acceptors (Lipinski definition) is 1. The molecule has 0 fully saturated rings. The summed E-state index contributed by atoms with van der Waals surface area (Å²) < 4.78 is 0. The second kappa shape index (κ2) is 7.10. The van der Waals surface area contributed by atoms with Gasteiger partial charge in [-0.1, -0.05) is 12.2 Å². The van der Waals surface area contributed by atoms with Gasteiger partial charge in [0.2, 0.25) is 0 Å². The average Bonchev–Trinajstić information content (AvgIpc) is 1.89. The van der Waals surface area contributed by atoms with Gasteiger partial charge in [0.05, 0.1) is 0 Å². The maximum absolute atomic E-state index is 5.55. The van der Waals surface area contributed by atoms with Crippen molar-refractivity contribution >= 4 is 11.6 Å². The van der Waals surface area contributed by atoms with Crippen molar-refractivity contribution in [1.82, 2.24) is 5.32 Å². The van der Waals surface area contributed by atoms with Gasteiger partial charge < -0.3 is 5.32 Å². The molecule has 0 aromatic heterocycles. The molecule has 0 aliphatic heterocycles.